The first-order chi connectivity index (χ1) is 8.25. The molecular weight excluding hydrogens is 312 g/mol. The Morgan fingerprint density at radius 1 is 1.39 bits per heavy atom. The van der Waals surface area contributed by atoms with Crippen molar-refractivity contribution in [1.82, 2.24) is 4.90 Å². The molecule has 0 aromatic heterocycles. The predicted molar refractivity (Wildman–Crippen MR) is 81.2 cm³/mol. The lowest BCUT2D eigenvalue weighted by Gasteiger charge is -2.28. The molecule has 0 aliphatic rings. The molecule has 0 radical (unpaired) electrons. The second kappa shape index (κ2) is 5.80. The van der Waals surface area contributed by atoms with Gasteiger partial charge in [0.15, 0.2) is 0 Å². The number of benzene rings is 1. The highest BCUT2D eigenvalue weighted by Gasteiger charge is 2.33. The van der Waals surface area contributed by atoms with Crippen molar-refractivity contribution in [2.24, 2.45) is 11.1 Å². The third-order valence-electron chi connectivity index (χ3n) is 2.83. The molecule has 0 heterocycles. The maximum Gasteiger partial charge on any atom is 0.235 e. The molecule has 0 unspecified atom stereocenters. The molecule has 0 saturated carbocycles. The van der Waals surface area contributed by atoms with Crippen molar-refractivity contribution in [2.45, 2.75) is 20.4 Å². The molecule has 1 aromatic carbocycles. The smallest absolute Gasteiger partial charge is 0.235 e. The van der Waals surface area contributed by atoms with Crippen LogP contribution in [0.1, 0.15) is 19.4 Å². The maximum atomic E-state index is 12.2. The van der Waals surface area contributed by atoms with E-state index in [1.54, 1.807) is 25.8 Å². The molecule has 98 valence electrons. The molecule has 1 aromatic rings. The molecule has 0 bridgehead atoms. The summed E-state index contributed by atoms with van der Waals surface area (Å²) in [5.74, 6) is -0.0714. The van der Waals surface area contributed by atoms with Gasteiger partial charge < -0.3 is 10.6 Å². The van der Waals surface area contributed by atoms with Gasteiger partial charge in [-0.05, 0) is 31.5 Å². The minimum absolute atomic E-state index is 0.0714. The van der Waals surface area contributed by atoms with Gasteiger partial charge in [-0.25, -0.2) is 0 Å². The molecule has 2 N–H and O–H groups in total. The Balaban J connectivity index is 2.77. The van der Waals surface area contributed by atoms with Crippen LogP contribution in [0.5, 0.6) is 0 Å². The summed E-state index contributed by atoms with van der Waals surface area (Å²) >= 11 is 8.31. The van der Waals surface area contributed by atoms with E-state index < -0.39 is 5.41 Å². The second-order valence-corrected chi connectivity index (χ2v) is 6.13. The summed E-state index contributed by atoms with van der Waals surface area (Å²) in [7, 11) is 1.75. The van der Waals surface area contributed by atoms with Crippen LogP contribution in [0.15, 0.2) is 28.7 Å². The Morgan fingerprint density at radius 2 is 1.89 bits per heavy atom. The lowest BCUT2D eigenvalue weighted by Crippen LogP contribution is -2.45. The fourth-order valence-electron chi connectivity index (χ4n) is 1.52. The van der Waals surface area contributed by atoms with Crippen molar-refractivity contribution in [3.05, 3.63) is 34.3 Å². The average Bonchev–Trinajstić information content (AvgIpc) is 2.30. The van der Waals surface area contributed by atoms with Crippen molar-refractivity contribution in [3.8, 4) is 0 Å². The van der Waals surface area contributed by atoms with E-state index in [4.69, 9.17) is 18.0 Å². The van der Waals surface area contributed by atoms with Gasteiger partial charge >= 0.3 is 0 Å². The van der Waals surface area contributed by atoms with Crippen molar-refractivity contribution in [2.75, 3.05) is 7.05 Å². The minimum atomic E-state index is -0.806. The van der Waals surface area contributed by atoms with Gasteiger partial charge in [-0.2, -0.15) is 0 Å². The van der Waals surface area contributed by atoms with E-state index in [1.165, 1.54) is 0 Å². The van der Waals surface area contributed by atoms with Gasteiger partial charge in [0, 0.05) is 18.1 Å². The summed E-state index contributed by atoms with van der Waals surface area (Å²) in [5, 5.41) is 0. The average molecular weight is 329 g/mol. The molecule has 5 heteroatoms. The van der Waals surface area contributed by atoms with Crippen LogP contribution in [0.4, 0.5) is 0 Å². The number of amides is 1. The van der Waals surface area contributed by atoms with E-state index in [0.717, 1.165) is 10.0 Å². The highest BCUT2D eigenvalue weighted by molar-refractivity contribution is 9.10. The van der Waals surface area contributed by atoms with Crippen molar-refractivity contribution in [3.63, 3.8) is 0 Å². The zero-order chi connectivity index (χ0) is 13.9. The molecule has 3 nitrogen and oxygen atoms in total. The molecule has 1 amide bonds. The third kappa shape index (κ3) is 3.53. The normalized spacial score (nSPS) is 11.1. The number of halogens is 1. The van der Waals surface area contributed by atoms with Crippen LogP contribution in [0.3, 0.4) is 0 Å². The molecule has 0 aliphatic carbocycles. The van der Waals surface area contributed by atoms with Gasteiger partial charge in [0.25, 0.3) is 0 Å². The fraction of sp³-hybridized carbons (Fsp3) is 0.385. The van der Waals surface area contributed by atoms with Crippen LogP contribution in [-0.4, -0.2) is 22.8 Å². The maximum absolute atomic E-state index is 12.2. The highest BCUT2D eigenvalue weighted by atomic mass is 79.9. The topological polar surface area (TPSA) is 46.3 Å². The summed E-state index contributed by atoms with van der Waals surface area (Å²) in [5.41, 5.74) is 5.86. The zero-order valence-corrected chi connectivity index (χ0v) is 13.1. The van der Waals surface area contributed by atoms with Crippen LogP contribution < -0.4 is 5.73 Å². The first kappa shape index (κ1) is 15.1. The lowest BCUT2D eigenvalue weighted by atomic mass is 9.91. The summed E-state index contributed by atoms with van der Waals surface area (Å²) in [6.45, 7) is 4.03. The van der Waals surface area contributed by atoms with Crippen molar-refractivity contribution >= 4 is 39.0 Å². The Morgan fingerprint density at radius 3 is 2.33 bits per heavy atom. The van der Waals surface area contributed by atoms with Gasteiger partial charge in [-0.3, -0.25) is 4.79 Å². The van der Waals surface area contributed by atoms with E-state index >= 15 is 0 Å². The number of carbonyl (C=O) groups excluding carboxylic acids is 1. The number of hydrogen-bond acceptors (Lipinski definition) is 2. The van der Waals surface area contributed by atoms with Gasteiger partial charge in [0.05, 0.1) is 10.4 Å². The first-order valence-electron chi connectivity index (χ1n) is 5.55. The number of carbonyl (C=O) groups is 1. The van der Waals surface area contributed by atoms with Crippen LogP contribution in [0.2, 0.25) is 0 Å². The Hall–Kier alpha value is -0.940. The van der Waals surface area contributed by atoms with Crippen molar-refractivity contribution in [1.29, 1.82) is 0 Å². The number of hydrogen-bond donors (Lipinski definition) is 1. The first-order valence-corrected chi connectivity index (χ1v) is 6.75. The zero-order valence-electron chi connectivity index (χ0n) is 10.7. The molecule has 0 atom stereocenters. The van der Waals surface area contributed by atoms with E-state index in [0.29, 0.717) is 6.54 Å². The largest absolute Gasteiger partial charge is 0.392 e. The predicted octanol–water partition coefficient (Wildman–Crippen LogP) is 2.72. The third-order valence-corrected chi connectivity index (χ3v) is 3.87. The number of nitrogens with two attached hydrogens (primary N) is 1. The van der Waals surface area contributed by atoms with E-state index in [9.17, 15) is 4.79 Å². The SMILES string of the molecule is CN(Cc1ccc(Br)cc1)C(=O)C(C)(C)C(N)=S. The van der Waals surface area contributed by atoms with E-state index in [1.807, 2.05) is 24.3 Å². The highest BCUT2D eigenvalue weighted by Crippen LogP contribution is 2.20. The fourth-order valence-corrected chi connectivity index (χ4v) is 1.87. The Labute approximate surface area is 121 Å². The van der Waals surface area contributed by atoms with Crippen LogP contribution in [0, 0.1) is 5.41 Å². The molecule has 0 saturated heterocycles. The van der Waals surface area contributed by atoms with Crippen LogP contribution >= 0.6 is 28.1 Å². The van der Waals surface area contributed by atoms with Gasteiger partial charge in [-0.15, -0.1) is 0 Å². The second-order valence-electron chi connectivity index (χ2n) is 4.78. The van der Waals surface area contributed by atoms with Gasteiger partial charge in [0.2, 0.25) is 5.91 Å². The Bertz CT molecular complexity index is 457. The van der Waals surface area contributed by atoms with Gasteiger partial charge in [-0.1, -0.05) is 40.3 Å². The van der Waals surface area contributed by atoms with Crippen LogP contribution in [-0.2, 0) is 11.3 Å². The summed E-state index contributed by atoms with van der Waals surface area (Å²) in [4.78, 5) is 14.1. The van der Waals surface area contributed by atoms with Crippen LogP contribution in [0.25, 0.3) is 0 Å². The summed E-state index contributed by atoms with van der Waals surface area (Å²) < 4.78 is 1.02. The minimum Gasteiger partial charge on any atom is -0.392 e. The molecule has 18 heavy (non-hydrogen) atoms. The number of nitrogens with zero attached hydrogens (tertiary/aromatic N) is 1. The molecule has 0 aliphatic heterocycles. The Kier molecular flexibility index (Phi) is 4.87. The van der Waals surface area contributed by atoms with Crippen molar-refractivity contribution < 1.29 is 4.79 Å². The summed E-state index contributed by atoms with van der Waals surface area (Å²) in [6.07, 6.45) is 0. The molecule has 0 spiro atoms. The van der Waals surface area contributed by atoms with Gasteiger partial charge in [0.1, 0.15) is 0 Å². The monoisotopic (exact) mass is 328 g/mol. The lowest BCUT2D eigenvalue weighted by molar-refractivity contribution is -0.136. The quantitative estimate of drug-likeness (QED) is 0.864. The molecule has 1 rings (SSSR count). The number of rotatable bonds is 4. The summed E-state index contributed by atoms with van der Waals surface area (Å²) in [6, 6.07) is 7.85. The van der Waals surface area contributed by atoms with E-state index in [2.05, 4.69) is 15.9 Å². The number of thiocarbonyl (C=S) groups is 1. The standard InChI is InChI=1S/C13H17BrN2OS/c1-13(2,11(15)18)12(17)16(3)8-9-4-6-10(14)7-5-9/h4-7H,8H2,1-3H3,(H2,15,18). The molecular formula is C13H17BrN2OS. The molecule has 0 fully saturated rings. The van der Waals surface area contributed by atoms with E-state index in [-0.39, 0.29) is 10.9 Å².